The molecule has 1 saturated carbocycles. The molecule has 2 aliphatic rings. The smallest absolute Gasteiger partial charge is 0.264 e. The van der Waals surface area contributed by atoms with Gasteiger partial charge in [-0.25, -0.2) is 17.2 Å². The minimum absolute atomic E-state index is 0.0804. The molecular weight excluding hydrogens is 442 g/mol. The van der Waals surface area contributed by atoms with Crippen LogP contribution >= 0.6 is 0 Å². The van der Waals surface area contributed by atoms with Gasteiger partial charge in [-0.15, -0.1) is 5.10 Å². The molecule has 1 aromatic carbocycles. The van der Waals surface area contributed by atoms with Crippen LogP contribution in [0.15, 0.2) is 29.4 Å². The van der Waals surface area contributed by atoms with E-state index in [4.69, 9.17) is 0 Å². The average Bonchev–Trinajstić information content (AvgIpc) is 3.42. The molecule has 2 heterocycles. The van der Waals surface area contributed by atoms with Gasteiger partial charge in [0.15, 0.2) is 0 Å². The fourth-order valence-electron chi connectivity index (χ4n) is 4.67. The molecule has 0 radical (unpaired) electrons. The Bertz CT molecular complexity index is 1070. The molecule has 1 aromatic heterocycles. The number of aromatic nitrogens is 3. The Kier molecular flexibility index (Phi) is 6.28. The van der Waals surface area contributed by atoms with Crippen molar-refractivity contribution in [1.29, 1.82) is 0 Å². The van der Waals surface area contributed by atoms with Crippen molar-refractivity contribution >= 4 is 15.9 Å². The number of halogens is 2. The molecule has 1 aliphatic carbocycles. The van der Waals surface area contributed by atoms with E-state index < -0.39 is 33.1 Å². The summed E-state index contributed by atoms with van der Waals surface area (Å²) >= 11 is 0. The Morgan fingerprint density at radius 3 is 2.31 bits per heavy atom. The monoisotopic (exact) mass is 468 g/mol. The molecule has 32 heavy (non-hydrogen) atoms. The molecule has 2 aromatic rings. The predicted octanol–water partition coefficient (Wildman–Crippen LogP) is 1.14. The lowest BCUT2D eigenvalue weighted by atomic mass is 9.93. The molecule has 0 spiro atoms. The molecule has 0 bridgehead atoms. The summed E-state index contributed by atoms with van der Waals surface area (Å²) in [4.78, 5) is 14.7. The van der Waals surface area contributed by atoms with Gasteiger partial charge in [0.05, 0.1) is 6.20 Å². The Balaban J connectivity index is 1.43. The van der Waals surface area contributed by atoms with E-state index in [1.807, 2.05) is 0 Å². The molecule has 12 heteroatoms. The summed E-state index contributed by atoms with van der Waals surface area (Å²) in [5.74, 6) is -2.58. The van der Waals surface area contributed by atoms with Crippen LogP contribution in [-0.2, 0) is 17.1 Å². The summed E-state index contributed by atoms with van der Waals surface area (Å²) in [5.41, 5.74) is -0.944. The second kappa shape index (κ2) is 8.83. The topological polar surface area (TPSA) is 100 Å². The molecule has 0 unspecified atom stereocenters. The minimum Gasteiger partial charge on any atom is -0.350 e. The van der Waals surface area contributed by atoms with Crippen molar-refractivity contribution in [3.05, 3.63) is 41.6 Å². The number of sulfonamides is 1. The Hall–Kier alpha value is -2.44. The van der Waals surface area contributed by atoms with E-state index >= 15 is 0 Å². The number of carbonyl (C=O) groups excluding carboxylic acids is 1. The quantitative estimate of drug-likeness (QED) is 0.683. The molecule has 2 fully saturated rings. The summed E-state index contributed by atoms with van der Waals surface area (Å²) in [6, 6.07) is 3.33. The first-order valence-electron chi connectivity index (χ1n) is 10.6. The van der Waals surface area contributed by atoms with Crippen molar-refractivity contribution in [3.63, 3.8) is 0 Å². The van der Waals surface area contributed by atoms with Crippen molar-refractivity contribution in [1.82, 2.24) is 29.5 Å². The molecule has 9 nitrogen and oxygen atoms in total. The lowest BCUT2D eigenvalue weighted by molar-refractivity contribution is 0.0538. The number of piperazine rings is 1. The standard InChI is InChI=1S/C20H26F2N6O3S/c1-26-13-17(24-25-26)32(30,31)28-11-9-27(10-12-28)20(7-2-3-8-20)14-23-19(29)18-15(21)5-4-6-16(18)22/h4-6,13H,2-3,7-12,14H2,1H3,(H,23,29). The van der Waals surface area contributed by atoms with Gasteiger partial charge in [-0.2, -0.15) is 4.31 Å². The number of carbonyl (C=O) groups is 1. The van der Waals surface area contributed by atoms with Gasteiger partial charge in [0.25, 0.3) is 15.9 Å². The highest BCUT2D eigenvalue weighted by Gasteiger charge is 2.42. The average molecular weight is 469 g/mol. The zero-order chi connectivity index (χ0) is 22.9. The first-order chi connectivity index (χ1) is 15.2. The van der Waals surface area contributed by atoms with Crippen LogP contribution in [0.4, 0.5) is 8.78 Å². The molecule has 1 saturated heterocycles. The van der Waals surface area contributed by atoms with Crippen LogP contribution in [0.3, 0.4) is 0 Å². The van der Waals surface area contributed by atoms with Crippen molar-refractivity contribution in [2.45, 2.75) is 36.2 Å². The number of rotatable bonds is 6. The fourth-order valence-corrected chi connectivity index (χ4v) is 6.00. The number of benzene rings is 1. The van der Waals surface area contributed by atoms with Gasteiger partial charge >= 0.3 is 0 Å². The lowest BCUT2D eigenvalue weighted by Crippen LogP contribution is -2.60. The molecule has 1 amide bonds. The van der Waals surface area contributed by atoms with E-state index in [1.165, 1.54) is 21.3 Å². The number of amides is 1. The second-order valence-electron chi connectivity index (χ2n) is 8.33. The molecule has 1 aliphatic heterocycles. The maximum absolute atomic E-state index is 14.0. The second-order valence-corrected chi connectivity index (χ2v) is 10.2. The third kappa shape index (κ3) is 4.26. The zero-order valence-electron chi connectivity index (χ0n) is 17.8. The van der Waals surface area contributed by atoms with Crippen LogP contribution in [0.5, 0.6) is 0 Å². The highest BCUT2D eigenvalue weighted by atomic mass is 32.2. The van der Waals surface area contributed by atoms with Gasteiger partial charge in [-0.1, -0.05) is 24.1 Å². The zero-order valence-corrected chi connectivity index (χ0v) is 18.6. The maximum Gasteiger partial charge on any atom is 0.264 e. The number of nitrogens with zero attached hydrogens (tertiary/aromatic N) is 5. The maximum atomic E-state index is 14.0. The van der Waals surface area contributed by atoms with Crippen molar-refractivity contribution in [3.8, 4) is 0 Å². The van der Waals surface area contributed by atoms with Crippen LogP contribution in [0, 0.1) is 11.6 Å². The number of hydrogen-bond acceptors (Lipinski definition) is 6. The Morgan fingerprint density at radius 1 is 1.12 bits per heavy atom. The van der Waals surface area contributed by atoms with Crippen LogP contribution in [0.25, 0.3) is 0 Å². The Labute approximate surface area is 185 Å². The minimum atomic E-state index is -3.72. The highest BCUT2D eigenvalue weighted by Crippen LogP contribution is 2.36. The van der Waals surface area contributed by atoms with Gasteiger partial charge in [0.2, 0.25) is 5.03 Å². The summed E-state index contributed by atoms with van der Waals surface area (Å²) in [6.07, 6.45) is 4.97. The predicted molar refractivity (Wildman–Crippen MR) is 111 cm³/mol. The van der Waals surface area contributed by atoms with Crippen molar-refractivity contribution in [2.75, 3.05) is 32.7 Å². The van der Waals surface area contributed by atoms with Crippen LogP contribution < -0.4 is 5.32 Å². The normalized spacial score (nSPS) is 19.8. The molecule has 174 valence electrons. The lowest BCUT2D eigenvalue weighted by Gasteiger charge is -2.45. The van der Waals surface area contributed by atoms with E-state index in [-0.39, 0.29) is 30.2 Å². The van der Waals surface area contributed by atoms with Gasteiger partial charge in [0.1, 0.15) is 17.2 Å². The number of aryl methyl sites for hydroxylation is 1. The summed E-state index contributed by atoms with van der Waals surface area (Å²) < 4.78 is 56.3. The van der Waals surface area contributed by atoms with E-state index in [0.29, 0.717) is 13.1 Å². The Morgan fingerprint density at radius 2 is 1.75 bits per heavy atom. The molecule has 1 N–H and O–H groups in total. The van der Waals surface area contributed by atoms with Gasteiger partial charge in [-0.3, -0.25) is 14.4 Å². The van der Waals surface area contributed by atoms with Crippen LogP contribution in [0.2, 0.25) is 0 Å². The summed E-state index contributed by atoms with van der Waals surface area (Å²) in [5, 5.41) is 10.1. The van der Waals surface area contributed by atoms with Crippen LogP contribution in [-0.4, -0.2) is 76.8 Å². The fraction of sp³-hybridized carbons (Fsp3) is 0.550. The molecule has 4 rings (SSSR count). The van der Waals surface area contributed by atoms with Crippen LogP contribution in [0.1, 0.15) is 36.0 Å². The van der Waals surface area contributed by atoms with Crippen molar-refractivity contribution < 1.29 is 22.0 Å². The first kappa shape index (κ1) is 22.7. The number of nitrogens with one attached hydrogen (secondary N) is 1. The first-order valence-corrected chi connectivity index (χ1v) is 12.0. The third-order valence-corrected chi connectivity index (χ3v) is 8.16. The largest absolute Gasteiger partial charge is 0.350 e. The molecule has 0 atom stereocenters. The van der Waals surface area contributed by atoms with Crippen molar-refractivity contribution in [2.24, 2.45) is 7.05 Å². The van der Waals surface area contributed by atoms with E-state index in [2.05, 4.69) is 20.5 Å². The van der Waals surface area contributed by atoms with E-state index in [9.17, 15) is 22.0 Å². The van der Waals surface area contributed by atoms with Gasteiger partial charge < -0.3 is 5.32 Å². The number of hydrogen-bond donors (Lipinski definition) is 1. The van der Waals surface area contributed by atoms with E-state index in [1.54, 1.807) is 7.05 Å². The van der Waals surface area contributed by atoms with Gasteiger partial charge in [-0.05, 0) is 25.0 Å². The summed E-state index contributed by atoms with van der Waals surface area (Å²) in [7, 11) is -2.11. The highest BCUT2D eigenvalue weighted by molar-refractivity contribution is 7.89. The van der Waals surface area contributed by atoms with E-state index in [0.717, 1.165) is 37.8 Å². The SMILES string of the molecule is Cn1cc(S(=O)(=O)N2CCN(C3(CNC(=O)c4c(F)cccc4F)CCCC3)CC2)nn1. The third-order valence-electron chi connectivity index (χ3n) is 6.40. The molecular formula is C20H26F2N6O3S. The summed E-state index contributed by atoms with van der Waals surface area (Å²) in [6.45, 7) is 1.80. The van der Waals surface area contributed by atoms with Gasteiger partial charge in [0, 0.05) is 45.3 Å².